The highest BCUT2D eigenvalue weighted by Crippen LogP contribution is 2.49. The Labute approximate surface area is 117 Å². The zero-order valence-corrected chi connectivity index (χ0v) is 11.2. The van der Waals surface area contributed by atoms with E-state index in [9.17, 15) is 4.79 Å². The smallest absolute Gasteiger partial charge is 0.130 e. The number of hydrogen-bond acceptors (Lipinski definition) is 2. The molecule has 2 aromatic carbocycles. The molecule has 3 heteroatoms. The summed E-state index contributed by atoms with van der Waals surface area (Å²) in [6.07, 6.45) is 2.81. The third-order valence-electron chi connectivity index (χ3n) is 3.76. The van der Waals surface area contributed by atoms with Gasteiger partial charge in [0.25, 0.3) is 0 Å². The third-order valence-corrected chi connectivity index (χ3v) is 4.00. The van der Waals surface area contributed by atoms with Gasteiger partial charge in [-0.1, -0.05) is 29.8 Å². The first-order chi connectivity index (χ1) is 9.14. The van der Waals surface area contributed by atoms with Gasteiger partial charge in [-0.25, -0.2) is 0 Å². The number of halogens is 1. The van der Waals surface area contributed by atoms with Crippen molar-refractivity contribution in [2.75, 3.05) is 5.73 Å². The summed E-state index contributed by atoms with van der Waals surface area (Å²) < 4.78 is 0. The topological polar surface area (TPSA) is 43.1 Å². The van der Waals surface area contributed by atoms with Gasteiger partial charge in [-0.15, -0.1) is 0 Å². The minimum absolute atomic E-state index is 0.349. The molecule has 0 bridgehead atoms. The van der Waals surface area contributed by atoms with Crippen LogP contribution in [-0.4, -0.2) is 6.29 Å². The Morgan fingerprint density at radius 2 is 1.84 bits per heavy atom. The molecule has 1 aliphatic carbocycles. The molecular formula is C16H14ClNO. The summed E-state index contributed by atoms with van der Waals surface area (Å²) in [4.78, 5) is 11.3. The van der Waals surface area contributed by atoms with E-state index in [4.69, 9.17) is 17.3 Å². The van der Waals surface area contributed by atoms with Crippen LogP contribution < -0.4 is 5.73 Å². The van der Waals surface area contributed by atoms with Gasteiger partial charge in [0.2, 0.25) is 0 Å². The van der Waals surface area contributed by atoms with E-state index < -0.39 is 0 Å². The van der Waals surface area contributed by atoms with Crippen LogP contribution in [0.2, 0.25) is 5.02 Å². The van der Waals surface area contributed by atoms with Gasteiger partial charge in [-0.3, -0.25) is 0 Å². The van der Waals surface area contributed by atoms with Crippen LogP contribution in [0.1, 0.15) is 18.4 Å². The largest absolute Gasteiger partial charge is 0.398 e. The maximum absolute atomic E-state index is 11.3. The molecule has 0 spiro atoms. The van der Waals surface area contributed by atoms with Gasteiger partial charge in [-0.2, -0.15) is 0 Å². The second kappa shape index (κ2) is 4.39. The maximum Gasteiger partial charge on any atom is 0.130 e. The molecule has 0 radical (unpaired) electrons. The van der Waals surface area contributed by atoms with Crippen LogP contribution in [0.4, 0.5) is 5.69 Å². The number of carbonyl (C=O) groups excluding carboxylic acids is 1. The fourth-order valence-corrected chi connectivity index (χ4v) is 2.61. The summed E-state index contributed by atoms with van der Waals surface area (Å²) >= 11 is 6.01. The lowest BCUT2D eigenvalue weighted by Gasteiger charge is -2.13. The first kappa shape index (κ1) is 12.2. The normalized spacial score (nSPS) is 16.1. The molecule has 96 valence electrons. The molecule has 0 atom stereocenters. The van der Waals surface area contributed by atoms with Gasteiger partial charge in [0.15, 0.2) is 0 Å². The van der Waals surface area contributed by atoms with Gasteiger partial charge in [-0.05, 0) is 53.8 Å². The number of rotatable bonds is 3. The van der Waals surface area contributed by atoms with Crippen molar-refractivity contribution in [3.05, 3.63) is 53.1 Å². The van der Waals surface area contributed by atoms with Crippen molar-refractivity contribution in [1.82, 2.24) is 0 Å². The molecule has 0 aliphatic heterocycles. The summed E-state index contributed by atoms with van der Waals surface area (Å²) in [6.45, 7) is 0. The Balaban J connectivity index is 2.10. The van der Waals surface area contributed by atoms with E-state index in [1.165, 1.54) is 0 Å². The lowest BCUT2D eigenvalue weighted by Crippen LogP contribution is -2.11. The van der Waals surface area contributed by atoms with Crippen LogP contribution in [0.25, 0.3) is 11.1 Å². The number of nitrogen functional groups attached to an aromatic ring is 1. The molecule has 0 unspecified atom stereocenters. The molecule has 0 saturated heterocycles. The predicted octanol–water partition coefficient (Wildman–Crippen LogP) is 3.82. The van der Waals surface area contributed by atoms with E-state index in [0.717, 1.165) is 35.8 Å². The number of aldehydes is 1. The lowest BCUT2D eigenvalue weighted by molar-refractivity contribution is -0.109. The van der Waals surface area contributed by atoms with Crippen molar-refractivity contribution >= 4 is 23.6 Å². The number of carbonyl (C=O) groups is 1. The fraction of sp³-hybridized carbons (Fsp3) is 0.188. The minimum atomic E-state index is -0.349. The van der Waals surface area contributed by atoms with E-state index in [1.807, 2.05) is 42.5 Å². The van der Waals surface area contributed by atoms with E-state index in [-0.39, 0.29) is 5.41 Å². The first-order valence-corrected chi connectivity index (χ1v) is 6.65. The van der Waals surface area contributed by atoms with Gasteiger partial charge in [0.1, 0.15) is 6.29 Å². The van der Waals surface area contributed by atoms with Gasteiger partial charge < -0.3 is 10.5 Å². The fourth-order valence-electron chi connectivity index (χ4n) is 2.42. The quantitative estimate of drug-likeness (QED) is 0.681. The summed E-state index contributed by atoms with van der Waals surface area (Å²) in [7, 11) is 0. The van der Waals surface area contributed by atoms with Gasteiger partial charge >= 0.3 is 0 Å². The molecule has 1 aliphatic rings. The second-order valence-corrected chi connectivity index (χ2v) is 5.52. The Morgan fingerprint density at radius 1 is 1.11 bits per heavy atom. The zero-order chi connectivity index (χ0) is 13.5. The minimum Gasteiger partial charge on any atom is -0.398 e. The summed E-state index contributed by atoms with van der Waals surface area (Å²) in [6, 6.07) is 13.5. The van der Waals surface area contributed by atoms with Gasteiger partial charge in [0.05, 0.1) is 5.41 Å². The van der Waals surface area contributed by atoms with Crippen molar-refractivity contribution in [2.45, 2.75) is 18.3 Å². The Morgan fingerprint density at radius 3 is 2.47 bits per heavy atom. The van der Waals surface area contributed by atoms with Crippen molar-refractivity contribution in [1.29, 1.82) is 0 Å². The lowest BCUT2D eigenvalue weighted by atomic mass is 9.92. The maximum atomic E-state index is 11.3. The van der Waals surface area contributed by atoms with Crippen LogP contribution in [0.5, 0.6) is 0 Å². The molecule has 3 rings (SSSR count). The van der Waals surface area contributed by atoms with Gasteiger partial charge in [0, 0.05) is 10.7 Å². The van der Waals surface area contributed by atoms with E-state index in [2.05, 4.69) is 0 Å². The highest BCUT2D eigenvalue weighted by Gasteiger charge is 2.45. The van der Waals surface area contributed by atoms with Crippen molar-refractivity contribution in [3.63, 3.8) is 0 Å². The Hall–Kier alpha value is -1.80. The van der Waals surface area contributed by atoms with Crippen LogP contribution in [0.3, 0.4) is 0 Å². The SMILES string of the molecule is Nc1ccc(-c2cccc(Cl)c2)cc1C1(C=O)CC1. The van der Waals surface area contributed by atoms with Crippen LogP contribution in [-0.2, 0) is 10.2 Å². The van der Waals surface area contributed by atoms with E-state index >= 15 is 0 Å². The number of anilines is 1. The third kappa shape index (κ3) is 2.13. The van der Waals surface area contributed by atoms with Crippen LogP contribution >= 0.6 is 11.6 Å². The Bertz CT molecular complexity index is 647. The molecule has 19 heavy (non-hydrogen) atoms. The van der Waals surface area contributed by atoms with Crippen LogP contribution in [0.15, 0.2) is 42.5 Å². The van der Waals surface area contributed by atoms with Crippen LogP contribution in [0, 0.1) is 0 Å². The molecule has 2 nitrogen and oxygen atoms in total. The number of nitrogens with two attached hydrogens (primary N) is 1. The molecule has 2 aromatic rings. The van der Waals surface area contributed by atoms with Crippen molar-refractivity contribution in [2.24, 2.45) is 0 Å². The Kier molecular flexibility index (Phi) is 2.83. The summed E-state index contributed by atoms with van der Waals surface area (Å²) in [5.74, 6) is 0. The molecular weight excluding hydrogens is 258 g/mol. The average molecular weight is 272 g/mol. The number of hydrogen-bond donors (Lipinski definition) is 1. The summed E-state index contributed by atoms with van der Waals surface area (Å²) in [5.41, 5.74) is 9.38. The van der Waals surface area contributed by atoms with Crippen molar-refractivity contribution < 1.29 is 4.79 Å². The molecule has 0 amide bonds. The zero-order valence-electron chi connectivity index (χ0n) is 10.4. The first-order valence-electron chi connectivity index (χ1n) is 6.27. The molecule has 1 fully saturated rings. The van der Waals surface area contributed by atoms with E-state index in [0.29, 0.717) is 10.7 Å². The monoisotopic (exact) mass is 271 g/mol. The molecule has 0 aromatic heterocycles. The highest BCUT2D eigenvalue weighted by molar-refractivity contribution is 6.30. The van der Waals surface area contributed by atoms with Crippen molar-refractivity contribution in [3.8, 4) is 11.1 Å². The highest BCUT2D eigenvalue weighted by atomic mass is 35.5. The molecule has 1 saturated carbocycles. The number of benzene rings is 2. The second-order valence-electron chi connectivity index (χ2n) is 5.09. The predicted molar refractivity (Wildman–Crippen MR) is 78.3 cm³/mol. The standard InChI is InChI=1S/C16H14ClNO/c17-13-3-1-2-11(8-13)12-4-5-15(18)14(9-12)16(10-19)6-7-16/h1-5,8-10H,6-7,18H2. The molecule has 0 heterocycles. The average Bonchev–Trinajstić information content (AvgIpc) is 3.20. The summed E-state index contributed by atoms with van der Waals surface area (Å²) in [5, 5.41) is 0.701. The van der Waals surface area contributed by atoms with E-state index in [1.54, 1.807) is 0 Å². The molecule has 2 N–H and O–H groups in total.